The third-order valence-corrected chi connectivity index (χ3v) is 4.78. The lowest BCUT2D eigenvalue weighted by molar-refractivity contribution is 0.194. The zero-order valence-electron chi connectivity index (χ0n) is 12.4. The maximum atomic E-state index is 6.29. The maximum absolute atomic E-state index is 6.29. The fourth-order valence-corrected chi connectivity index (χ4v) is 3.70. The molecule has 0 amide bonds. The van der Waals surface area contributed by atoms with E-state index in [1.165, 1.54) is 19.4 Å². The zero-order valence-corrected chi connectivity index (χ0v) is 13.9. The lowest BCUT2D eigenvalue weighted by Crippen LogP contribution is -2.34. The van der Waals surface area contributed by atoms with E-state index in [2.05, 4.69) is 22.6 Å². The summed E-state index contributed by atoms with van der Waals surface area (Å²) in [6, 6.07) is 6.01. The molecule has 1 fully saturated rings. The molecule has 0 saturated carbocycles. The first-order valence-corrected chi connectivity index (χ1v) is 8.48. The number of hydrogen-bond acceptors (Lipinski definition) is 2. The second-order valence-electron chi connectivity index (χ2n) is 5.96. The summed E-state index contributed by atoms with van der Waals surface area (Å²) in [5.41, 5.74) is 2.04. The first-order valence-electron chi connectivity index (χ1n) is 7.57. The Labute approximate surface area is 135 Å². The van der Waals surface area contributed by atoms with Gasteiger partial charge in [0.15, 0.2) is 0 Å². The molecular weight excluding hydrogens is 305 g/mol. The fraction of sp³-hybridized carbons (Fsp3) is 0.562. The van der Waals surface area contributed by atoms with Crippen molar-refractivity contribution in [2.45, 2.75) is 25.8 Å². The molecule has 114 valence electrons. The van der Waals surface area contributed by atoms with E-state index in [1.807, 2.05) is 12.1 Å². The smallest absolute Gasteiger partial charge is 0.111 e. The summed E-state index contributed by atoms with van der Waals surface area (Å²) in [7, 11) is 2.20. The van der Waals surface area contributed by atoms with Gasteiger partial charge in [0.25, 0.3) is 0 Å². The molecular formula is C16H21Cl2N3. The second-order valence-corrected chi connectivity index (χ2v) is 6.74. The van der Waals surface area contributed by atoms with Crippen molar-refractivity contribution in [2.75, 3.05) is 26.0 Å². The lowest BCUT2D eigenvalue weighted by atomic mass is 9.98. The minimum absolute atomic E-state index is 0.589. The van der Waals surface area contributed by atoms with Crippen molar-refractivity contribution in [3.05, 3.63) is 29.0 Å². The van der Waals surface area contributed by atoms with Crippen LogP contribution < -0.4 is 0 Å². The molecule has 1 aromatic carbocycles. The van der Waals surface area contributed by atoms with Crippen LogP contribution in [0.25, 0.3) is 11.0 Å². The van der Waals surface area contributed by atoms with Crippen molar-refractivity contribution in [2.24, 2.45) is 5.92 Å². The highest BCUT2D eigenvalue weighted by Gasteiger charge is 2.20. The molecule has 2 aromatic rings. The Morgan fingerprint density at radius 2 is 2.24 bits per heavy atom. The predicted molar refractivity (Wildman–Crippen MR) is 89.4 cm³/mol. The number of imidazole rings is 1. The molecule has 0 radical (unpaired) electrons. The molecule has 0 N–H and O–H groups in total. The van der Waals surface area contributed by atoms with Crippen LogP contribution in [0.4, 0.5) is 0 Å². The van der Waals surface area contributed by atoms with E-state index in [-0.39, 0.29) is 0 Å². The Hall–Kier alpha value is -0.770. The van der Waals surface area contributed by atoms with Crippen molar-refractivity contribution in [3.8, 4) is 0 Å². The minimum atomic E-state index is 0.589. The van der Waals surface area contributed by atoms with E-state index in [1.54, 1.807) is 0 Å². The third-order valence-electron chi connectivity index (χ3n) is 4.29. The van der Waals surface area contributed by atoms with E-state index in [4.69, 9.17) is 28.2 Å². The van der Waals surface area contributed by atoms with E-state index in [9.17, 15) is 0 Å². The van der Waals surface area contributed by atoms with Gasteiger partial charge in [0.1, 0.15) is 11.3 Å². The quantitative estimate of drug-likeness (QED) is 0.797. The van der Waals surface area contributed by atoms with Crippen LogP contribution in [0.3, 0.4) is 0 Å². The normalized spacial score (nSPS) is 20.2. The molecule has 3 rings (SSSR count). The van der Waals surface area contributed by atoms with Crippen molar-refractivity contribution in [1.29, 1.82) is 0 Å². The summed E-state index contributed by atoms with van der Waals surface area (Å²) >= 11 is 12.2. The maximum Gasteiger partial charge on any atom is 0.111 e. The van der Waals surface area contributed by atoms with Crippen LogP contribution in [-0.2, 0) is 13.0 Å². The summed E-state index contributed by atoms with van der Waals surface area (Å²) in [4.78, 5) is 7.14. The van der Waals surface area contributed by atoms with Gasteiger partial charge in [0, 0.05) is 25.4 Å². The highest BCUT2D eigenvalue weighted by molar-refractivity contribution is 6.34. The molecule has 1 aromatic heterocycles. The number of aromatic nitrogens is 2. The van der Waals surface area contributed by atoms with Gasteiger partial charge in [0.2, 0.25) is 0 Å². The van der Waals surface area contributed by atoms with Crippen LogP contribution >= 0.6 is 23.2 Å². The highest BCUT2D eigenvalue weighted by atomic mass is 35.5. The predicted octanol–water partition coefficient (Wildman–Crippen LogP) is 3.81. The molecule has 1 aliphatic heterocycles. The monoisotopic (exact) mass is 325 g/mol. The van der Waals surface area contributed by atoms with E-state index >= 15 is 0 Å². The molecule has 1 aliphatic rings. The molecule has 21 heavy (non-hydrogen) atoms. The van der Waals surface area contributed by atoms with Gasteiger partial charge >= 0.3 is 0 Å². The number of fused-ring (bicyclic) bond motifs is 1. The number of rotatable bonds is 4. The number of aryl methyl sites for hydroxylation is 1. The molecule has 1 unspecified atom stereocenters. The number of alkyl halides is 1. The summed E-state index contributed by atoms with van der Waals surface area (Å²) in [5.74, 6) is 2.32. The Morgan fingerprint density at radius 3 is 3.00 bits per heavy atom. The molecule has 0 aliphatic carbocycles. The first kappa shape index (κ1) is 15.1. The Kier molecular flexibility index (Phi) is 4.72. The number of para-hydroxylation sites is 1. The standard InChI is InChI=1S/C16H21Cl2N3/c1-20-9-3-4-12(10-20)11-21-14-6-2-5-13(18)16(14)19-15(21)7-8-17/h2,5-6,12H,3-4,7-11H2,1H3. The van der Waals surface area contributed by atoms with Crippen LogP contribution in [-0.4, -0.2) is 40.5 Å². The summed E-state index contributed by atoms with van der Waals surface area (Å²) in [6.45, 7) is 3.37. The average molecular weight is 326 g/mol. The van der Waals surface area contributed by atoms with Crippen LogP contribution in [0.15, 0.2) is 18.2 Å². The van der Waals surface area contributed by atoms with Gasteiger partial charge < -0.3 is 9.47 Å². The largest absolute Gasteiger partial charge is 0.328 e. The molecule has 0 spiro atoms. The minimum Gasteiger partial charge on any atom is -0.328 e. The van der Waals surface area contributed by atoms with Crippen molar-refractivity contribution in [3.63, 3.8) is 0 Å². The van der Waals surface area contributed by atoms with Gasteiger partial charge in [-0.3, -0.25) is 0 Å². The Balaban J connectivity index is 1.95. The SMILES string of the molecule is CN1CCCC(Cn2c(CCCl)nc3c(Cl)cccc32)C1. The van der Waals surface area contributed by atoms with E-state index < -0.39 is 0 Å². The molecule has 2 heterocycles. The molecule has 3 nitrogen and oxygen atoms in total. The van der Waals surface area contributed by atoms with Gasteiger partial charge in [0.05, 0.1) is 10.5 Å². The lowest BCUT2D eigenvalue weighted by Gasteiger charge is -2.30. The third kappa shape index (κ3) is 3.20. The van der Waals surface area contributed by atoms with Crippen LogP contribution in [0, 0.1) is 5.92 Å². The average Bonchev–Trinajstić information content (AvgIpc) is 2.79. The van der Waals surface area contributed by atoms with E-state index in [0.717, 1.165) is 41.4 Å². The van der Waals surface area contributed by atoms with Crippen LogP contribution in [0.2, 0.25) is 5.02 Å². The van der Waals surface area contributed by atoms with Gasteiger partial charge in [-0.05, 0) is 44.5 Å². The van der Waals surface area contributed by atoms with Crippen LogP contribution in [0.1, 0.15) is 18.7 Å². The first-order chi connectivity index (χ1) is 10.2. The number of hydrogen-bond donors (Lipinski definition) is 0. The summed E-state index contributed by atoms with van der Waals surface area (Å²) in [6.07, 6.45) is 3.35. The summed E-state index contributed by atoms with van der Waals surface area (Å²) < 4.78 is 2.33. The van der Waals surface area contributed by atoms with Crippen molar-refractivity contribution in [1.82, 2.24) is 14.5 Å². The number of nitrogens with zero attached hydrogens (tertiary/aromatic N) is 3. The van der Waals surface area contributed by atoms with Gasteiger partial charge in [-0.25, -0.2) is 4.98 Å². The number of likely N-dealkylation sites (tertiary alicyclic amines) is 1. The Bertz CT molecular complexity index is 623. The number of halogens is 2. The zero-order chi connectivity index (χ0) is 14.8. The Morgan fingerprint density at radius 1 is 1.38 bits per heavy atom. The van der Waals surface area contributed by atoms with Crippen molar-refractivity contribution < 1.29 is 0 Å². The fourth-order valence-electron chi connectivity index (χ4n) is 3.32. The topological polar surface area (TPSA) is 21.1 Å². The molecule has 0 bridgehead atoms. The molecule has 1 atom stereocenters. The van der Waals surface area contributed by atoms with Gasteiger partial charge in [-0.15, -0.1) is 11.6 Å². The molecule has 5 heteroatoms. The van der Waals surface area contributed by atoms with E-state index in [0.29, 0.717) is 11.8 Å². The number of benzene rings is 1. The van der Waals surface area contributed by atoms with Crippen LogP contribution in [0.5, 0.6) is 0 Å². The highest BCUT2D eigenvalue weighted by Crippen LogP contribution is 2.27. The molecule has 1 saturated heterocycles. The number of piperidine rings is 1. The van der Waals surface area contributed by atoms with Gasteiger partial charge in [-0.2, -0.15) is 0 Å². The van der Waals surface area contributed by atoms with Gasteiger partial charge in [-0.1, -0.05) is 17.7 Å². The second kappa shape index (κ2) is 6.55. The van der Waals surface area contributed by atoms with Crippen molar-refractivity contribution >= 4 is 34.2 Å². The summed E-state index contributed by atoms with van der Waals surface area (Å²) in [5, 5.41) is 0.725.